The summed E-state index contributed by atoms with van der Waals surface area (Å²) in [6.07, 6.45) is 0. The molecule has 0 fully saturated rings. The number of ether oxygens (including phenoxy) is 1. The normalized spacial score (nSPS) is 11.5. The predicted molar refractivity (Wildman–Crippen MR) is 55.9 cm³/mol. The molecule has 0 saturated heterocycles. The number of halogens is 1. The molecular formula is C10H12ClNO. The third-order valence-electron chi connectivity index (χ3n) is 1.60. The molecule has 0 radical (unpaired) electrons. The van der Waals surface area contributed by atoms with Gasteiger partial charge in [-0.2, -0.15) is 0 Å². The lowest BCUT2D eigenvalue weighted by atomic mass is 10.2. The number of rotatable bonds is 3. The minimum atomic E-state index is 0.529. The lowest BCUT2D eigenvalue weighted by Gasteiger charge is -2.01. The number of nitrogens with zero attached hydrogens (tertiary/aromatic N) is 1. The minimum absolute atomic E-state index is 0.529. The third-order valence-corrected chi connectivity index (χ3v) is 1.94. The molecule has 3 heteroatoms. The van der Waals surface area contributed by atoms with Crippen LogP contribution in [0.25, 0.3) is 0 Å². The lowest BCUT2D eigenvalue weighted by Crippen LogP contribution is -1.93. The van der Waals surface area contributed by atoms with E-state index >= 15 is 0 Å². The third kappa shape index (κ3) is 2.74. The van der Waals surface area contributed by atoms with Crippen molar-refractivity contribution in [3.63, 3.8) is 0 Å². The van der Waals surface area contributed by atoms with Gasteiger partial charge in [0.2, 0.25) is 0 Å². The molecule has 0 amide bonds. The van der Waals surface area contributed by atoms with E-state index in [9.17, 15) is 0 Å². The zero-order chi connectivity index (χ0) is 9.68. The van der Waals surface area contributed by atoms with Gasteiger partial charge < -0.3 is 4.74 Å². The Morgan fingerprint density at radius 1 is 1.54 bits per heavy atom. The largest absolute Gasteiger partial charge is 0.497 e. The van der Waals surface area contributed by atoms with Gasteiger partial charge >= 0.3 is 0 Å². The molecule has 2 nitrogen and oxygen atoms in total. The SMILES string of the molecule is CCN=C(Cl)c1cccc(OC)c1. The first-order valence-electron chi connectivity index (χ1n) is 4.12. The first kappa shape index (κ1) is 10.1. The van der Waals surface area contributed by atoms with Crippen molar-refractivity contribution in [3.05, 3.63) is 29.8 Å². The van der Waals surface area contributed by atoms with Crippen molar-refractivity contribution in [2.45, 2.75) is 6.92 Å². The summed E-state index contributed by atoms with van der Waals surface area (Å²) in [7, 11) is 1.63. The monoisotopic (exact) mass is 197 g/mol. The highest BCUT2D eigenvalue weighted by Crippen LogP contribution is 2.14. The maximum Gasteiger partial charge on any atom is 0.130 e. The summed E-state index contributed by atoms with van der Waals surface area (Å²) in [6.45, 7) is 2.64. The highest BCUT2D eigenvalue weighted by molar-refractivity contribution is 6.69. The van der Waals surface area contributed by atoms with Gasteiger partial charge in [-0.3, -0.25) is 4.99 Å². The summed E-state index contributed by atoms with van der Waals surface area (Å²) in [5.74, 6) is 0.793. The predicted octanol–water partition coefficient (Wildman–Crippen LogP) is 2.70. The van der Waals surface area contributed by atoms with E-state index in [1.165, 1.54) is 0 Å². The fourth-order valence-corrected chi connectivity index (χ4v) is 1.22. The van der Waals surface area contributed by atoms with E-state index in [-0.39, 0.29) is 0 Å². The van der Waals surface area contributed by atoms with E-state index in [1.807, 2.05) is 31.2 Å². The van der Waals surface area contributed by atoms with Crippen LogP contribution >= 0.6 is 11.6 Å². The van der Waals surface area contributed by atoms with Crippen molar-refractivity contribution in [2.75, 3.05) is 13.7 Å². The second-order valence-electron chi connectivity index (χ2n) is 2.50. The maximum absolute atomic E-state index is 5.93. The van der Waals surface area contributed by atoms with Crippen LogP contribution in [0.5, 0.6) is 5.75 Å². The average molecular weight is 198 g/mol. The van der Waals surface area contributed by atoms with Crippen molar-refractivity contribution < 1.29 is 4.74 Å². The van der Waals surface area contributed by atoms with Crippen LogP contribution in [0, 0.1) is 0 Å². The molecule has 0 aliphatic carbocycles. The van der Waals surface area contributed by atoms with Crippen LogP contribution in [0.2, 0.25) is 0 Å². The number of aliphatic imine (C=N–C) groups is 1. The fraction of sp³-hybridized carbons (Fsp3) is 0.300. The molecule has 1 aromatic carbocycles. The molecule has 0 spiro atoms. The molecule has 0 atom stereocenters. The van der Waals surface area contributed by atoms with Gasteiger partial charge in [0.25, 0.3) is 0 Å². The van der Waals surface area contributed by atoms with Crippen LogP contribution in [-0.2, 0) is 0 Å². The van der Waals surface area contributed by atoms with E-state index < -0.39 is 0 Å². The van der Waals surface area contributed by atoms with Crippen LogP contribution < -0.4 is 4.74 Å². The van der Waals surface area contributed by atoms with Crippen LogP contribution in [0.15, 0.2) is 29.3 Å². The van der Waals surface area contributed by atoms with E-state index in [4.69, 9.17) is 16.3 Å². The van der Waals surface area contributed by atoms with Crippen LogP contribution in [0.3, 0.4) is 0 Å². The van der Waals surface area contributed by atoms with E-state index in [0.717, 1.165) is 11.3 Å². The van der Waals surface area contributed by atoms with E-state index in [0.29, 0.717) is 11.7 Å². The van der Waals surface area contributed by atoms with Gasteiger partial charge in [0, 0.05) is 12.1 Å². The average Bonchev–Trinajstić information content (AvgIpc) is 2.18. The van der Waals surface area contributed by atoms with Gasteiger partial charge in [-0.25, -0.2) is 0 Å². The molecule has 70 valence electrons. The topological polar surface area (TPSA) is 21.6 Å². The Kier molecular flexibility index (Phi) is 3.77. The van der Waals surface area contributed by atoms with Crippen LogP contribution in [-0.4, -0.2) is 18.8 Å². The molecule has 0 aliphatic heterocycles. The first-order chi connectivity index (χ1) is 6.27. The Morgan fingerprint density at radius 2 is 2.31 bits per heavy atom. The molecule has 0 aliphatic rings. The van der Waals surface area contributed by atoms with Crippen molar-refractivity contribution in [3.8, 4) is 5.75 Å². The molecular weight excluding hydrogens is 186 g/mol. The second-order valence-corrected chi connectivity index (χ2v) is 2.86. The molecule has 0 N–H and O–H groups in total. The highest BCUT2D eigenvalue weighted by Gasteiger charge is 1.99. The summed E-state index contributed by atoms with van der Waals surface area (Å²) in [6, 6.07) is 7.53. The Hall–Kier alpha value is -1.02. The van der Waals surface area contributed by atoms with Crippen LogP contribution in [0.1, 0.15) is 12.5 Å². The van der Waals surface area contributed by atoms with Crippen molar-refractivity contribution in [2.24, 2.45) is 4.99 Å². The molecule has 0 unspecified atom stereocenters. The maximum atomic E-state index is 5.93. The van der Waals surface area contributed by atoms with E-state index in [2.05, 4.69) is 4.99 Å². The van der Waals surface area contributed by atoms with Gasteiger partial charge in [0.05, 0.1) is 7.11 Å². The Balaban J connectivity index is 2.94. The smallest absolute Gasteiger partial charge is 0.130 e. The van der Waals surface area contributed by atoms with Crippen molar-refractivity contribution in [1.29, 1.82) is 0 Å². The summed E-state index contributed by atoms with van der Waals surface area (Å²) in [5.41, 5.74) is 0.892. The molecule has 1 rings (SSSR count). The molecule has 13 heavy (non-hydrogen) atoms. The second kappa shape index (κ2) is 4.87. The fourth-order valence-electron chi connectivity index (χ4n) is 0.981. The van der Waals surface area contributed by atoms with Crippen molar-refractivity contribution >= 4 is 16.8 Å². The number of methoxy groups -OCH3 is 1. The summed E-state index contributed by atoms with van der Waals surface area (Å²) in [4.78, 5) is 4.10. The molecule has 0 heterocycles. The minimum Gasteiger partial charge on any atom is -0.497 e. The molecule has 0 bridgehead atoms. The standard InChI is InChI=1S/C10H12ClNO/c1-3-12-10(11)8-5-4-6-9(7-8)13-2/h4-7H,3H2,1-2H3. The van der Waals surface area contributed by atoms with Gasteiger partial charge in [0.15, 0.2) is 0 Å². The number of hydrogen-bond acceptors (Lipinski definition) is 2. The molecule has 0 saturated carbocycles. The lowest BCUT2D eigenvalue weighted by molar-refractivity contribution is 0.414. The van der Waals surface area contributed by atoms with Gasteiger partial charge in [-0.05, 0) is 19.1 Å². The summed E-state index contributed by atoms with van der Waals surface area (Å²) in [5, 5.41) is 0.529. The van der Waals surface area contributed by atoms with Gasteiger partial charge in [-0.1, -0.05) is 23.7 Å². The van der Waals surface area contributed by atoms with Crippen molar-refractivity contribution in [1.82, 2.24) is 0 Å². The summed E-state index contributed by atoms with van der Waals surface area (Å²) >= 11 is 5.93. The summed E-state index contributed by atoms with van der Waals surface area (Å²) < 4.78 is 5.07. The molecule has 1 aromatic rings. The van der Waals surface area contributed by atoms with Gasteiger partial charge in [0.1, 0.15) is 10.9 Å². The molecule has 0 aromatic heterocycles. The number of hydrogen-bond donors (Lipinski definition) is 0. The highest BCUT2D eigenvalue weighted by atomic mass is 35.5. The first-order valence-corrected chi connectivity index (χ1v) is 4.50. The quantitative estimate of drug-likeness (QED) is 0.683. The Bertz CT molecular complexity index is 310. The zero-order valence-corrected chi connectivity index (χ0v) is 8.51. The van der Waals surface area contributed by atoms with Crippen LogP contribution in [0.4, 0.5) is 0 Å². The zero-order valence-electron chi connectivity index (χ0n) is 7.75. The Morgan fingerprint density at radius 3 is 2.92 bits per heavy atom. The van der Waals surface area contributed by atoms with E-state index in [1.54, 1.807) is 7.11 Å². The number of benzene rings is 1. The Labute approximate surface area is 83.2 Å². The van der Waals surface area contributed by atoms with Gasteiger partial charge in [-0.15, -0.1) is 0 Å².